The Morgan fingerprint density at radius 1 is 0.625 bits per heavy atom. The molecule has 0 aromatic heterocycles. The van der Waals surface area contributed by atoms with Crippen LogP contribution in [0.5, 0.6) is 0 Å². The minimum absolute atomic E-state index is 0. The third kappa shape index (κ3) is 14.2. The van der Waals surface area contributed by atoms with Crippen LogP contribution in [0.15, 0.2) is 0 Å². The van der Waals surface area contributed by atoms with Crippen molar-refractivity contribution in [1.29, 1.82) is 0 Å². The Hall–Kier alpha value is 0.250. The molecule has 0 rings (SSSR count). The number of unbranched alkanes of at least 4 members (excludes halogenated alkanes) is 7. The van der Waals surface area contributed by atoms with E-state index in [-0.39, 0.29) is 12.4 Å². The number of hydrogen-bond donors (Lipinski definition) is 1. The lowest BCUT2D eigenvalue weighted by atomic mass is 10.1. The summed E-state index contributed by atoms with van der Waals surface area (Å²) in [6.45, 7) is 7.33. The van der Waals surface area contributed by atoms with Gasteiger partial charge in [-0.2, -0.15) is 0 Å². The summed E-state index contributed by atoms with van der Waals surface area (Å²) >= 11 is 0. The quantitative estimate of drug-likeness (QED) is 0.494. The van der Waals surface area contributed by atoms with Gasteiger partial charge in [0.05, 0.1) is 20.1 Å². The van der Waals surface area contributed by atoms with E-state index in [0.29, 0.717) is 0 Å². The van der Waals surface area contributed by atoms with E-state index in [4.69, 9.17) is 0 Å². The first-order valence-corrected chi connectivity index (χ1v) is 7.12. The minimum Gasteiger partial charge on any atom is -1.00 e. The highest BCUT2D eigenvalue weighted by Crippen LogP contribution is 2.00. The maximum Gasteiger partial charge on any atom is 0.0768 e. The molecular formula is C14H32ClN. The third-order valence-electron chi connectivity index (χ3n) is 3.16. The molecule has 0 radical (unpaired) electrons. The summed E-state index contributed by atoms with van der Waals surface area (Å²) in [7, 11) is 2.35. The Balaban J connectivity index is 0. The molecule has 0 heterocycles. The van der Waals surface area contributed by atoms with Gasteiger partial charge in [-0.3, -0.25) is 0 Å². The molecule has 0 bridgehead atoms. The Bertz CT molecular complexity index is 117. The predicted molar refractivity (Wildman–Crippen MR) is 69.5 cm³/mol. The molecule has 2 heteroatoms. The van der Waals surface area contributed by atoms with Gasteiger partial charge in [-0.25, -0.2) is 0 Å². The fourth-order valence-electron chi connectivity index (χ4n) is 2.01. The molecule has 0 spiro atoms. The normalized spacial score (nSPS) is 12.2. The van der Waals surface area contributed by atoms with E-state index in [9.17, 15) is 0 Å². The molecular weight excluding hydrogens is 218 g/mol. The van der Waals surface area contributed by atoms with Crippen LogP contribution in [0.2, 0.25) is 0 Å². The summed E-state index contributed by atoms with van der Waals surface area (Å²) in [6, 6.07) is 0. The summed E-state index contributed by atoms with van der Waals surface area (Å²) in [5.41, 5.74) is 0. The minimum atomic E-state index is 0. The predicted octanol–water partition coefficient (Wildman–Crippen LogP) is 0.0558. The molecule has 0 aliphatic carbocycles. The Morgan fingerprint density at radius 3 is 1.44 bits per heavy atom. The van der Waals surface area contributed by atoms with Gasteiger partial charge in [-0.05, 0) is 25.7 Å². The van der Waals surface area contributed by atoms with Crippen LogP contribution >= 0.6 is 0 Å². The van der Waals surface area contributed by atoms with Crippen molar-refractivity contribution < 1.29 is 17.3 Å². The van der Waals surface area contributed by atoms with Crippen LogP contribution in [0.3, 0.4) is 0 Å². The molecule has 0 aromatic carbocycles. The Morgan fingerprint density at radius 2 is 1.00 bits per heavy atom. The highest BCUT2D eigenvalue weighted by molar-refractivity contribution is 4.41. The molecule has 1 N–H and O–H groups in total. The largest absolute Gasteiger partial charge is 1.00 e. The van der Waals surface area contributed by atoms with Crippen LogP contribution in [0.25, 0.3) is 0 Å². The monoisotopic (exact) mass is 249 g/mol. The van der Waals surface area contributed by atoms with Crippen LogP contribution < -0.4 is 17.3 Å². The first kappa shape index (κ1) is 18.6. The van der Waals surface area contributed by atoms with Gasteiger partial charge in [0.15, 0.2) is 0 Å². The van der Waals surface area contributed by atoms with Crippen LogP contribution in [0, 0.1) is 0 Å². The van der Waals surface area contributed by atoms with Gasteiger partial charge in [0, 0.05) is 0 Å². The fraction of sp³-hybridized carbons (Fsp3) is 1.00. The van der Waals surface area contributed by atoms with Crippen molar-refractivity contribution in [2.45, 2.75) is 71.6 Å². The van der Waals surface area contributed by atoms with E-state index in [1.165, 1.54) is 70.9 Å². The molecule has 1 unspecified atom stereocenters. The second-order valence-corrected chi connectivity index (χ2v) is 4.93. The van der Waals surface area contributed by atoms with Crippen molar-refractivity contribution in [3.63, 3.8) is 0 Å². The van der Waals surface area contributed by atoms with E-state index in [2.05, 4.69) is 20.9 Å². The summed E-state index contributed by atoms with van der Waals surface area (Å²) in [5, 5.41) is 0. The zero-order valence-electron chi connectivity index (χ0n) is 11.7. The zero-order chi connectivity index (χ0) is 11.4. The van der Waals surface area contributed by atoms with Crippen LogP contribution in [0.4, 0.5) is 0 Å². The second kappa shape index (κ2) is 15.2. The molecule has 100 valence electrons. The van der Waals surface area contributed by atoms with E-state index in [1.54, 1.807) is 4.90 Å². The average Bonchev–Trinajstić information content (AvgIpc) is 2.24. The maximum atomic E-state index is 2.35. The SMILES string of the molecule is CCCCCCC[NH+](C)CCCCCC.[Cl-]. The van der Waals surface area contributed by atoms with Gasteiger partial charge in [-0.15, -0.1) is 0 Å². The van der Waals surface area contributed by atoms with Crippen molar-refractivity contribution in [1.82, 2.24) is 0 Å². The maximum absolute atomic E-state index is 2.35. The van der Waals surface area contributed by atoms with Crippen molar-refractivity contribution in [3.8, 4) is 0 Å². The van der Waals surface area contributed by atoms with Gasteiger partial charge in [-0.1, -0.05) is 46.0 Å². The molecule has 0 fully saturated rings. The van der Waals surface area contributed by atoms with Crippen LogP contribution in [-0.4, -0.2) is 20.1 Å². The first-order valence-electron chi connectivity index (χ1n) is 7.12. The molecule has 0 aliphatic heterocycles. The van der Waals surface area contributed by atoms with E-state index < -0.39 is 0 Å². The lowest BCUT2D eigenvalue weighted by Crippen LogP contribution is -3.09. The Labute approximate surface area is 109 Å². The summed E-state index contributed by atoms with van der Waals surface area (Å²) in [6.07, 6.45) is 12.7. The van der Waals surface area contributed by atoms with Gasteiger partial charge >= 0.3 is 0 Å². The fourth-order valence-corrected chi connectivity index (χ4v) is 2.01. The molecule has 0 aliphatic rings. The first-order chi connectivity index (χ1) is 7.31. The topological polar surface area (TPSA) is 4.44 Å². The smallest absolute Gasteiger partial charge is 0.0768 e. The number of quaternary nitrogens is 1. The average molecular weight is 250 g/mol. The molecule has 0 saturated carbocycles. The molecule has 16 heavy (non-hydrogen) atoms. The molecule has 1 atom stereocenters. The molecule has 0 amide bonds. The number of nitrogens with one attached hydrogen (secondary N) is 1. The highest BCUT2D eigenvalue weighted by atomic mass is 35.5. The summed E-state index contributed by atoms with van der Waals surface area (Å²) < 4.78 is 0. The number of halogens is 1. The summed E-state index contributed by atoms with van der Waals surface area (Å²) in [4.78, 5) is 1.74. The van der Waals surface area contributed by atoms with Gasteiger partial charge in [0.1, 0.15) is 0 Å². The van der Waals surface area contributed by atoms with Gasteiger partial charge < -0.3 is 17.3 Å². The lowest BCUT2D eigenvalue weighted by molar-refractivity contribution is -0.880. The molecule has 1 nitrogen and oxygen atoms in total. The second-order valence-electron chi connectivity index (χ2n) is 4.93. The van der Waals surface area contributed by atoms with E-state index in [0.717, 1.165) is 0 Å². The number of hydrogen-bond acceptors (Lipinski definition) is 0. The van der Waals surface area contributed by atoms with Crippen molar-refractivity contribution in [2.24, 2.45) is 0 Å². The van der Waals surface area contributed by atoms with E-state index >= 15 is 0 Å². The lowest BCUT2D eigenvalue weighted by Gasteiger charge is -2.13. The van der Waals surface area contributed by atoms with Crippen LogP contribution in [-0.2, 0) is 0 Å². The zero-order valence-corrected chi connectivity index (χ0v) is 12.4. The van der Waals surface area contributed by atoms with Gasteiger partial charge in [0.2, 0.25) is 0 Å². The van der Waals surface area contributed by atoms with Crippen molar-refractivity contribution in [2.75, 3.05) is 20.1 Å². The standard InChI is InChI=1S/C14H31N.ClH/c1-4-6-8-10-12-14-15(3)13-11-9-7-5-2;/h4-14H2,1-3H3;1H. The van der Waals surface area contributed by atoms with Crippen molar-refractivity contribution >= 4 is 0 Å². The van der Waals surface area contributed by atoms with Crippen LogP contribution in [0.1, 0.15) is 71.6 Å². The summed E-state index contributed by atoms with van der Waals surface area (Å²) in [5.74, 6) is 0. The number of rotatable bonds is 11. The Kier molecular flexibility index (Phi) is 17.7. The van der Waals surface area contributed by atoms with Gasteiger partial charge in [0.25, 0.3) is 0 Å². The molecule has 0 saturated heterocycles. The third-order valence-corrected chi connectivity index (χ3v) is 3.16. The van der Waals surface area contributed by atoms with Crippen molar-refractivity contribution in [3.05, 3.63) is 0 Å². The van der Waals surface area contributed by atoms with E-state index in [1.807, 2.05) is 0 Å². The molecule has 0 aromatic rings. The highest BCUT2D eigenvalue weighted by Gasteiger charge is 2.00.